The monoisotopic (exact) mass is 240 g/mol. The van der Waals surface area contributed by atoms with Crippen LogP contribution in [0.25, 0.3) is 0 Å². The molecule has 3 heteroatoms. The van der Waals surface area contributed by atoms with Crippen LogP contribution >= 0.6 is 11.8 Å². The second kappa shape index (κ2) is 5.93. The van der Waals surface area contributed by atoms with E-state index < -0.39 is 0 Å². The zero-order valence-electron chi connectivity index (χ0n) is 10.9. The van der Waals surface area contributed by atoms with Crippen LogP contribution < -0.4 is 5.32 Å². The van der Waals surface area contributed by atoms with E-state index in [1.54, 1.807) is 0 Å². The molecule has 1 N–H and O–H groups in total. The van der Waals surface area contributed by atoms with Gasteiger partial charge in [0.2, 0.25) is 0 Å². The van der Waals surface area contributed by atoms with Crippen LogP contribution in [0.1, 0.15) is 53.4 Å². The zero-order valence-corrected chi connectivity index (χ0v) is 11.7. The zero-order chi connectivity index (χ0) is 12.2. The molecule has 0 bridgehead atoms. The molecule has 0 radical (unpaired) electrons. The minimum Gasteiger partial charge on any atom is -0.297 e. The summed E-state index contributed by atoms with van der Waals surface area (Å²) in [6, 6.07) is 2.90. The maximum Gasteiger partial charge on any atom is 0.108 e. The standard InChI is InChI=1S/C13H24N2S/c1-5-11(4)16-12-6-7-13(8-12,9-14)15-10(2)3/h10-12,15H,5-8H2,1-4H3. The van der Waals surface area contributed by atoms with E-state index in [4.69, 9.17) is 0 Å². The summed E-state index contributed by atoms with van der Waals surface area (Å²) < 4.78 is 0. The molecule has 2 nitrogen and oxygen atoms in total. The molecule has 92 valence electrons. The van der Waals surface area contributed by atoms with Gasteiger partial charge in [-0.05, 0) is 39.5 Å². The summed E-state index contributed by atoms with van der Waals surface area (Å²) in [7, 11) is 0. The van der Waals surface area contributed by atoms with Crippen LogP contribution in [0.5, 0.6) is 0 Å². The fraction of sp³-hybridized carbons (Fsp3) is 0.923. The average molecular weight is 240 g/mol. The van der Waals surface area contributed by atoms with Crippen molar-refractivity contribution >= 4 is 11.8 Å². The van der Waals surface area contributed by atoms with Crippen molar-refractivity contribution in [3.63, 3.8) is 0 Å². The second-order valence-corrected chi connectivity index (χ2v) is 6.96. The Morgan fingerprint density at radius 3 is 2.69 bits per heavy atom. The fourth-order valence-corrected chi connectivity index (χ4v) is 3.84. The van der Waals surface area contributed by atoms with E-state index in [-0.39, 0.29) is 5.54 Å². The number of nitriles is 1. The van der Waals surface area contributed by atoms with Gasteiger partial charge in [-0.25, -0.2) is 0 Å². The molecule has 1 saturated carbocycles. The summed E-state index contributed by atoms with van der Waals surface area (Å²) in [6.07, 6.45) is 4.42. The Bertz CT molecular complexity index is 259. The van der Waals surface area contributed by atoms with Crippen LogP contribution in [-0.2, 0) is 0 Å². The third-order valence-corrected chi connectivity index (χ3v) is 4.83. The Morgan fingerprint density at radius 1 is 1.50 bits per heavy atom. The van der Waals surface area contributed by atoms with Crippen LogP contribution in [-0.4, -0.2) is 22.1 Å². The molecule has 0 aromatic rings. The number of hydrogen-bond acceptors (Lipinski definition) is 3. The molecule has 0 saturated heterocycles. The minimum atomic E-state index is -0.251. The van der Waals surface area contributed by atoms with E-state index in [1.165, 1.54) is 12.8 Å². The molecule has 0 aromatic carbocycles. The third-order valence-electron chi connectivity index (χ3n) is 3.25. The molecule has 0 amide bonds. The first kappa shape index (κ1) is 13.9. The highest BCUT2D eigenvalue weighted by molar-refractivity contribution is 8.00. The van der Waals surface area contributed by atoms with E-state index in [0.29, 0.717) is 11.3 Å². The number of thioether (sulfide) groups is 1. The van der Waals surface area contributed by atoms with Crippen molar-refractivity contribution in [3.8, 4) is 6.07 Å². The lowest BCUT2D eigenvalue weighted by molar-refractivity contribution is 0.386. The van der Waals surface area contributed by atoms with E-state index in [0.717, 1.165) is 18.1 Å². The Morgan fingerprint density at radius 2 is 2.19 bits per heavy atom. The largest absolute Gasteiger partial charge is 0.297 e. The number of nitrogens with one attached hydrogen (secondary N) is 1. The predicted octanol–water partition coefficient (Wildman–Crippen LogP) is 3.33. The first-order valence-electron chi connectivity index (χ1n) is 6.35. The topological polar surface area (TPSA) is 35.8 Å². The fourth-order valence-electron chi connectivity index (χ4n) is 2.36. The first-order chi connectivity index (χ1) is 7.51. The Kier molecular flexibility index (Phi) is 5.14. The normalized spacial score (nSPS) is 31.6. The van der Waals surface area contributed by atoms with Crippen LogP contribution in [0.2, 0.25) is 0 Å². The van der Waals surface area contributed by atoms with Crippen LogP contribution in [0.4, 0.5) is 0 Å². The maximum absolute atomic E-state index is 9.35. The molecular formula is C13H24N2S. The summed E-state index contributed by atoms with van der Waals surface area (Å²) in [6.45, 7) is 8.76. The number of nitrogens with zero attached hydrogens (tertiary/aromatic N) is 1. The highest BCUT2D eigenvalue weighted by atomic mass is 32.2. The molecule has 3 atom stereocenters. The Hall–Kier alpha value is -0.200. The SMILES string of the molecule is CCC(C)SC1CCC(C#N)(NC(C)C)C1. The average Bonchev–Trinajstić information content (AvgIpc) is 2.61. The number of rotatable bonds is 5. The quantitative estimate of drug-likeness (QED) is 0.800. The van der Waals surface area contributed by atoms with Gasteiger partial charge in [-0.1, -0.05) is 13.8 Å². The lowest BCUT2D eigenvalue weighted by Gasteiger charge is -2.25. The summed E-state index contributed by atoms with van der Waals surface area (Å²) >= 11 is 2.06. The molecule has 16 heavy (non-hydrogen) atoms. The molecule has 1 aliphatic carbocycles. The molecule has 0 aromatic heterocycles. The van der Waals surface area contributed by atoms with Crippen molar-refractivity contribution in [1.82, 2.24) is 5.32 Å². The van der Waals surface area contributed by atoms with Crippen molar-refractivity contribution in [1.29, 1.82) is 5.26 Å². The maximum atomic E-state index is 9.35. The highest BCUT2D eigenvalue weighted by Gasteiger charge is 2.40. The lowest BCUT2D eigenvalue weighted by atomic mass is 9.99. The van der Waals surface area contributed by atoms with Gasteiger partial charge in [0.1, 0.15) is 5.54 Å². The van der Waals surface area contributed by atoms with Gasteiger partial charge < -0.3 is 0 Å². The van der Waals surface area contributed by atoms with Crippen molar-refractivity contribution in [2.45, 2.75) is 75.5 Å². The highest BCUT2D eigenvalue weighted by Crippen LogP contribution is 2.39. The number of hydrogen-bond donors (Lipinski definition) is 1. The Labute approximate surface area is 104 Å². The minimum absolute atomic E-state index is 0.251. The van der Waals surface area contributed by atoms with E-state index in [9.17, 15) is 5.26 Å². The van der Waals surface area contributed by atoms with E-state index >= 15 is 0 Å². The van der Waals surface area contributed by atoms with Crippen molar-refractivity contribution in [3.05, 3.63) is 0 Å². The van der Waals surface area contributed by atoms with Gasteiger partial charge in [-0.3, -0.25) is 5.32 Å². The second-order valence-electron chi connectivity index (χ2n) is 5.21. The van der Waals surface area contributed by atoms with Crippen LogP contribution in [0.3, 0.4) is 0 Å². The molecule has 0 aliphatic heterocycles. The van der Waals surface area contributed by atoms with E-state index in [1.807, 2.05) is 0 Å². The van der Waals surface area contributed by atoms with E-state index in [2.05, 4.69) is 50.8 Å². The summed E-state index contributed by atoms with van der Waals surface area (Å²) in [5.41, 5.74) is -0.251. The first-order valence-corrected chi connectivity index (χ1v) is 7.30. The molecule has 1 fully saturated rings. The van der Waals surface area contributed by atoms with Gasteiger partial charge in [-0.15, -0.1) is 0 Å². The van der Waals surface area contributed by atoms with Gasteiger partial charge in [0, 0.05) is 16.5 Å². The van der Waals surface area contributed by atoms with Crippen LogP contribution in [0, 0.1) is 11.3 Å². The van der Waals surface area contributed by atoms with Gasteiger partial charge in [0.15, 0.2) is 0 Å². The van der Waals surface area contributed by atoms with Gasteiger partial charge in [0.25, 0.3) is 0 Å². The summed E-state index contributed by atoms with van der Waals surface area (Å²) in [4.78, 5) is 0. The smallest absolute Gasteiger partial charge is 0.108 e. The van der Waals surface area contributed by atoms with Gasteiger partial charge >= 0.3 is 0 Å². The molecule has 0 spiro atoms. The third kappa shape index (κ3) is 3.68. The Balaban J connectivity index is 2.51. The molecular weight excluding hydrogens is 216 g/mol. The molecule has 3 unspecified atom stereocenters. The van der Waals surface area contributed by atoms with Gasteiger partial charge in [0.05, 0.1) is 6.07 Å². The van der Waals surface area contributed by atoms with Gasteiger partial charge in [-0.2, -0.15) is 17.0 Å². The summed E-state index contributed by atoms with van der Waals surface area (Å²) in [5.74, 6) is 0. The van der Waals surface area contributed by atoms with Crippen LogP contribution in [0.15, 0.2) is 0 Å². The van der Waals surface area contributed by atoms with Crippen molar-refractivity contribution in [2.24, 2.45) is 0 Å². The molecule has 0 heterocycles. The van der Waals surface area contributed by atoms with Crippen molar-refractivity contribution in [2.75, 3.05) is 0 Å². The molecule has 1 aliphatic rings. The predicted molar refractivity (Wildman–Crippen MR) is 71.6 cm³/mol. The van der Waals surface area contributed by atoms with Crippen molar-refractivity contribution < 1.29 is 0 Å². The molecule has 1 rings (SSSR count). The lowest BCUT2D eigenvalue weighted by Crippen LogP contribution is -2.45. The summed E-state index contributed by atoms with van der Waals surface area (Å²) in [5, 5.41) is 14.2.